The zero-order chi connectivity index (χ0) is 20.2. The van der Waals surface area contributed by atoms with Gasteiger partial charge in [-0.2, -0.15) is 0 Å². The maximum absolute atomic E-state index is 12.4. The minimum Gasteiger partial charge on any atom is -0.490 e. The molecule has 0 spiro atoms. The van der Waals surface area contributed by atoms with E-state index in [1.165, 1.54) is 7.11 Å². The Kier molecular flexibility index (Phi) is 10.3. The van der Waals surface area contributed by atoms with Gasteiger partial charge in [-0.1, -0.05) is 19.9 Å². The molecular weight excluding hydrogens is 346 g/mol. The largest absolute Gasteiger partial charge is 0.490 e. The molecule has 27 heavy (non-hydrogen) atoms. The Morgan fingerprint density at radius 3 is 2.33 bits per heavy atom. The first-order chi connectivity index (χ1) is 13.0. The van der Waals surface area contributed by atoms with E-state index in [-0.39, 0.29) is 17.8 Å². The summed E-state index contributed by atoms with van der Waals surface area (Å²) in [4.78, 5) is 25.9. The van der Waals surface area contributed by atoms with Crippen molar-refractivity contribution >= 4 is 11.9 Å². The number of hydrogen-bond donors (Lipinski definition) is 0. The molecule has 1 aromatic carbocycles. The number of nitrogens with zero attached hydrogens (tertiary/aromatic N) is 1. The molecule has 1 atom stereocenters. The summed E-state index contributed by atoms with van der Waals surface area (Å²) in [5.41, 5.74) is 1.06. The summed E-state index contributed by atoms with van der Waals surface area (Å²) in [5.74, 6) is 0.843. The number of amides is 1. The van der Waals surface area contributed by atoms with Gasteiger partial charge in [0.05, 0.1) is 26.2 Å². The molecule has 0 radical (unpaired) electrons. The summed E-state index contributed by atoms with van der Waals surface area (Å²) in [7, 11) is 1.37. The van der Waals surface area contributed by atoms with Crippen LogP contribution in [0.25, 0.3) is 0 Å². The van der Waals surface area contributed by atoms with E-state index in [1.54, 1.807) is 11.8 Å². The number of ether oxygens (including phenoxy) is 3. The molecular formula is C21H33NO5. The third-order valence-electron chi connectivity index (χ3n) is 4.19. The Morgan fingerprint density at radius 1 is 1.07 bits per heavy atom. The average Bonchev–Trinajstić information content (AvgIpc) is 2.66. The Labute approximate surface area is 162 Å². The molecule has 0 fully saturated rings. The Morgan fingerprint density at radius 2 is 1.74 bits per heavy atom. The van der Waals surface area contributed by atoms with E-state index < -0.39 is 0 Å². The van der Waals surface area contributed by atoms with Crippen LogP contribution in [-0.2, 0) is 20.7 Å². The highest BCUT2D eigenvalue weighted by Gasteiger charge is 2.21. The quantitative estimate of drug-likeness (QED) is 0.520. The van der Waals surface area contributed by atoms with Crippen LogP contribution in [0.2, 0.25) is 0 Å². The van der Waals surface area contributed by atoms with Crippen LogP contribution in [0.1, 0.15) is 46.1 Å². The van der Waals surface area contributed by atoms with Crippen molar-refractivity contribution in [3.05, 3.63) is 23.8 Å². The molecule has 0 aliphatic carbocycles. The standard InChI is InChI=1S/C21H33NO5/c1-6-9-20(23)22(15-16(4)21(24)25-5)13-12-17-10-11-18(26-7-2)19(14-17)27-8-3/h10-11,14,16H,6-9,12-13,15H2,1-5H3. The van der Waals surface area contributed by atoms with Crippen LogP contribution in [0.15, 0.2) is 18.2 Å². The third-order valence-corrected chi connectivity index (χ3v) is 4.19. The van der Waals surface area contributed by atoms with Crippen molar-refractivity contribution < 1.29 is 23.8 Å². The molecule has 1 rings (SSSR count). The fraction of sp³-hybridized carbons (Fsp3) is 0.619. The second-order valence-electron chi connectivity index (χ2n) is 6.41. The molecule has 0 bridgehead atoms. The minimum atomic E-state index is -0.352. The monoisotopic (exact) mass is 379 g/mol. The summed E-state index contributed by atoms with van der Waals surface area (Å²) >= 11 is 0. The van der Waals surface area contributed by atoms with Crippen molar-refractivity contribution in [1.82, 2.24) is 4.90 Å². The van der Waals surface area contributed by atoms with E-state index in [9.17, 15) is 9.59 Å². The van der Waals surface area contributed by atoms with Gasteiger partial charge in [-0.15, -0.1) is 0 Å². The van der Waals surface area contributed by atoms with Crippen molar-refractivity contribution in [2.24, 2.45) is 5.92 Å². The molecule has 0 saturated heterocycles. The van der Waals surface area contributed by atoms with Crippen LogP contribution in [-0.4, -0.2) is 50.2 Å². The second-order valence-corrected chi connectivity index (χ2v) is 6.41. The summed E-state index contributed by atoms with van der Waals surface area (Å²) < 4.78 is 16.0. The van der Waals surface area contributed by atoms with Crippen molar-refractivity contribution in [3.63, 3.8) is 0 Å². The molecule has 0 N–H and O–H groups in total. The van der Waals surface area contributed by atoms with E-state index in [1.807, 2.05) is 39.0 Å². The lowest BCUT2D eigenvalue weighted by molar-refractivity contribution is -0.146. The third kappa shape index (κ3) is 7.49. The van der Waals surface area contributed by atoms with Gasteiger partial charge in [0, 0.05) is 19.5 Å². The molecule has 0 aliphatic heterocycles. The van der Waals surface area contributed by atoms with Crippen LogP contribution in [0, 0.1) is 5.92 Å². The zero-order valence-corrected chi connectivity index (χ0v) is 17.2. The lowest BCUT2D eigenvalue weighted by Crippen LogP contribution is -2.38. The lowest BCUT2D eigenvalue weighted by Gasteiger charge is -2.25. The van der Waals surface area contributed by atoms with Gasteiger partial charge in [-0.25, -0.2) is 0 Å². The van der Waals surface area contributed by atoms with E-state index >= 15 is 0 Å². The fourth-order valence-electron chi connectivity index (χ4n) is 2.81. The van der Waals surface area contributed by atoms with Crippen molar-refractivity contribution in [2.45, 2.75) is 47.0 Å². The van der Waals surface area contributed by atoms with Gasteiger partial charge in [-0.3, -0.25) is 9.59 Å². The smallest absolute Gasteiger partial charge is 0.310 e. The SMILES string of the molecule is CCCC(=O)N(CCc1ccc(OCC)c(OCC)c1)CC(C)C(=O)OC. The first-order valence-electron chi connectivity index (χ1n) is 9.70. The number of esters is 1. The molecule has 6 heteroatoms. The van der Waals surface area contributed by atoms with E-state index in [2.05, 4.69) is 0 Å². The highest BCUT2D eigenvalue weighted by atomic mass is 16.5. The highest BCUT2D eigenvalue weighted by Crippen LogP contribution is 2.28. The lowest BCUT2D eigenvalue weighted by atomic mass is 10.1. The minimum absolute atomic E-state index is 0.0595. The zero-order valence-electron chi connectivity index (χ0n) is 17.2. The van der Waals surface area contributed by atoms with Crippen LogP contribution in [0.4, 0.5) is 0 Å². The van der Waals surface area contributed by atoms with Crippen LogP contribution in [0.3, 0.4) is 0 Å². The summed E-state index contributed by atoms with van der Waals surface area (Å²) in [6.07, 6.45) is 1.93. The van der Waals surface area contributed by atoms with E-state index in [4.69, 9.17) is 14.2 Å². The van der Waals surface area contributed by atoms with Crippen molar-refractivity contribution in [1.29, 1.82) is 0 Å². The number of hydrogen-bond acceptors (Lipinski definition) is 5. The molecule has 0 saturated carbocycles. The number of carbonyl (C=O) groups excluding carboxylic acids is 2. The Hall–Kier alpha value is -2.24. The van der Waals surface area contributed by atoms with Gasteiger partial charge in [0.25, 0.3) is 0 Å². The fourth-order valence-corrected chi connectivity index (χ4v) is 2.81. The number of benzene rings is 1. The number of methoxy groups -OCH3 is 1. The first kappa shape index (κ1) is 22.8. The average molecular weight is 379 g/mol. The topological polar surface area (TPSA) is 65.1 Å². The molecule has 6 nitrogen and oxygen atoms in total. The van der Waals surface area contributed by atoms with E-state index in [0.29, 0.717) is 44.9 Å². The van der Waals surface area contributed by atoms with Crippen LogP contribution >= 0.6 is 0 Å². The van der Waals surface area contributed by atoms with E-state index in [0.717, 1.165) is 17.7 Å². The van der Waals surface area contributed by atoms with Crippen LogP contribution in [0.5, 0.6) is 11.5 Å². The Balaban J connectivity index is 2.85. The molecule has 152 valence electrons. The van der Waals surface area contributed by atoms with Crippen molar-refractivity contribution in [2.75, 3.05) is 33.4 Å². The van der Waals surface area contributed by atoms with Gasteiger partial charge in [0.2, 0.25) is 5.91 Å². The molecule has 1 unspecified atom stereocenters. The van der Waals surface area contributed by atoms with Gasteiger partial charge < -0.3 is 19.1 Å². The maximum atomic E-state index is 12.4. The molecule has 1 aromatic rings. The summed E-state index contributed by atoms with van der Waals surface area (Å²) in [5, 5.41) is 0. The molecule has 0 aromatic heterocycles. The van der Waals surface area contributed by atoms with Crippen LogP contribution < -0.4 is 9.47 Å². The molecule has 1 amide bonds. The molecule has 0 heterocycles. The number of carbonyl (C=O) groups is 2. The van der Waals surface area contributed by atoms with Gasteiger partial charge in [-0.05, 0) is 44.4 Å². The van der Waals surface area contributed by atoms with Gasteiger partial charge in [0.1, 0.15) is 0 Å². The Bertz CT molecular complexity index is 602. The number of rotatable bonds is 12. The molecule has 0 aliphatic rings. The van der Waals surface area contributed by atoms with Gasteiger partial charge >= 0.3 is 5.97 Å². The second kappa shape index (κ2) is 12.2. The van der Waals surface area contributed by atoms with Crippen molar-refractivity contribution in [3.8, 4) is 11.5 Å². The summed E-state index contributed by atoms with van der Waals surface area (Å²) in [6.45, 7) is 9.65. The predicted molar refractivity (Wildman–Crippen MR) is 105 cm³/mol. The first-order valence-corrected chi connectivity index (χ1v) is 9.70. The normalized spacial score (nSPS) is 11.6. The van der Waals surface area contributed by atoms with Gasteiger partial charge in [0.15, 0.2) is 11.5 Å². The summed E-state index contributed by atoms with van der Waals surface area (Å²) in [6, 6.07) is 5.85. The highest BCUT2D eigenvalue weighted by molar-refractivity contribution is 5.78. The maximum Gasteiger partial charge on any atom is 0.310 e. The predicted octanol–water partition coefficient (Wildman–Crippen LogP) is 3.46.